The summed E-state index contributed by atoms with van der Waals surface area (Å²) in [7, 11) is 0. The predicted molar refractivity (Wildman–Crippen MR) is 43.3 cm³/mol. The average Bonchev–Trinajstić information content (AvgIpc) is 1.85. The van der Waals surface area contributed by atoms with Crippen LogP contribution >= 0.6 is 23.2 Å². The number of halogens is 2. The molecule has 0 fully saturated rings. The van der Waals surface area contributed by atoms with E-state index in [4.69, 9.17) is 28.5 Å². The van der Waals surface area contributed by atoms with Gasteiger partial charge < -0.3 is 5.32 Å². The number of nitrogens with zero attached hydrogens (tertiary/aromatic N) is 1. The molecule has 0 saturated carbocycles. The lowest BCUT2D eigenvalue weighted by Gasteiger charge is -2.13. The van der Waals surface area contributed by atoms with Gasteiger partial charge in [0, 0.05) is 0 Å². The molecule has 0 heterocycles. The van der Waals surface area contributed by atoms with Crippen molar-refractivity contribution in [2.24, 2.45) is 0 Å². The number of rotatable bonds is 2. The van der Waals surface area contributed by atoms with Crippen LogP contribution in [0.5, 0.6) is 0 Å². The summed E-state index contributed by atoms with van der Waals surface area (Å²) < 4.78 is -1.47. The van der Waals surface area contributed by atoms with Gasteiger partial charge in [-0.2, -0.15) is 5.26 Å². The van der Waals surface area contributed by atoms with Gasteiger partial charge in [-0.25, -0.2) is 0 Å². The quantitative estimate of drug-likeness (QED) is 0.673. The first-order valence-corrected chi connectivity index (χ1v) is 3.72. The van der Waals surface area contributed by atoms with E-state index in [1.807, 2.05) is 6.07 Å². The molecule has 0 aliphatic carbocycles. The van der Waals surface area contributed by atoms with E-state index >= 15 is 0 Å². The van der Waals surface area contributed by atoms with Crippen molar-refractivity contribution in [1.29, 1.82) is 5.26 Å². The molecule has 11 heavy (non-hydrogen) atoms. The number of carbonyl (C=O) groups excluding carboxylic acids is 1. The van der Waals surface area contributed by atoms with Gasteiger partial charge in [0.1, 0.15) is 6.04 Å². The van der Waals surface area contributed by atoms with Crippen LogP contribution in [0.4, 0.5) is 0 Å². The van der Waals surface area contributed by atoms with Crippen molar-refractivity contribution in [3.8, 4) is 6.07 Å². The lowest BCUT2D eigenvalue weighted by molar-refractivity contribution is -0.121. The fourth-order valence-electron chi connectivity index (χ4n) is 0.356. The Bertz CT molecular complexity index is 192. The Morgan fingerprint density at radius 3 is 2.45 bits per heavy atom. The highest BCUT2D eigenvalue weighted by atomic mass is 35.5. The highest BCUT2D eigenvalue weighted by Gasteiger charge is 2.27. The average molecular weight is 195 g/mol. The molecular weight excluding hydrogens is 187 g/mol. The van der Waals surface area contributed by atoms with Gasteiger partial charge >= 0.3 is 0 Å². The summed E-state index contributed by atoms with van der Waals surface area (Å²) in [6.07, 6.45) is 0. The second-order valence-corrected chi connectivity index (χ2v) is 3.92. The third-order valence-corrected chi connectivity index (χ3v) is 1.28. The number of amides is 1. The van der Waals surface area contributed by atoms with Crippen LogP contribution in [0.2, 0.25) is 0 Å². The van der Waals surface area contributed by atoms with E-state index in [0.717, 1.165) is 0 Å². The van der Waals surface area contributed by atoms with E-state index in [2.05, 4.69) is 5.32 Å². The third-order valence-electron chi connectivity index (χ3n) is 0.940. The first kappa shape index (κ1) is 10.5. The summed E-state index contributed by atoms with van der Waals surface area (Å²) in [6, 6.07) is 1.25. The van der Waals surface area contributed by atoms with Crippen LogP contribution in [0.3, 0.4) is 0 Å². The monoisotopic (exact) mass is 194 g/mol. The summed E-state index contributed by atoms with van der Waals surface area (Å²) in [5.74, 6) is -0.560. The summed E-state index contributed by atoms with van der Waals surface area (Å²) in [4.78, 5) is 10.9. The Hall–Kier alpha value is -0.460. The van der Waals surface area contributed by atoms with Gasteiger partial charge in [-0.3, -0.25) is 4.79 Å². The fourth-order valence-corrected chi connectivity index (χ4v) is 0.465. The SMILES string of the molecule is C[C@H](C#N)NC(=O)C(C)(Cl)Cl. The van der Waals surface area contributed by atoms with Gasteiger partial charge in [0.05, 0.1) is 6.07 Å². The zero-order valence-corrected chi connectivity index (χ0v) is 7.70. The number of nitriles is 1. The molecule has 62 valence electrons. The Kier molecular flexibility index (Phi) is 3.64. The first-order valence-electron chi connectivity index (χ1n) is 2.96. The van der Waals surface area contributed by atoms with E-state index in [0.29, 0.717) is 0 Å². The smallest absolute Gasteiger partial charge is 0.257 e. The molecule has 5 heteroatoms. The minimum Gasteiger partial charge on any atom is -0.338 e. The Morgan fingerprint density at radius 1 is 1.73 bits per heavy atom. The van der Waals surface area contributed by atoms with E-state index in [1.54, 1.807) is 0 Å². The lowest BCUT2D eigenvalue weighted by Crippen LogP contribution is -2.40. The normalized spacial score (nSPS) is 13.4. The van der Waals surface area contributed by atoms with Gasteiger partial charge in [0.25, 0.3) is 5.91 Å². The van der Waals surface area contributed by atoms with Crippen LogP contribution in [0.25, 0.3) is 0 Å². The molecule has 1 amide bonds. The molecule has 1 atom stereocenters. The molecule has 0 aliphatic heterocycles. The maximum atomic E-state index is 10.9. The van der Waals surface area contributed by atoms with Crippen LogP contribution in [0.1, 0.15) is 13.8 Å². The maximum absolute atomic E-state index is 10.9. The molecule has 3 nitrogen and oxygen atoms in total. The van der Waals surface area contributed by atoms with Crippen molar-refractivity contribution in [2.45, 2.75) is 24.2 Å². The Labute approximate surface area is 75.3 Å². The van der Waals surface area contributed by atoms with Gasteiger partial charge in [0.15, 0.2) is 4.33 Å². The standard InChI is InChI=1S/C6H8Cl2N2O/c1-4(3-9)10-5(11)6(2,7)8/h4H,1-2H3,(H,10,11)/t4-/m1/s1. The zero-order chi connectivity index (χ0) is 9.07. The number of carbonyl (C=O) groups is 1. The minimum atomic E-state index is -1.47. The van der Waals surface area contributed by atoms with Crippen LogP contribution in [-0.2, 0) is 4.79 Å². The second-order valence-electron chi connectivity index (χ2n) is 2.21. The highest BCUT2D eigenvalue weighted by molar-refractivity contribution is 6.57. The van der Waals surface area contributed by atoms with Crippen LogP contribution in [0, 0.1) is 11.3 Å². The fraction of sp³-hybridized carbons (Fsp3) is 0.667. The maximum Gasteiger partial charge on any atom is 0.257 e. The van der Waals surface area contributed by atoms with Gasteiger partial charge in [-0.15, -0.1) is 0 Å². The molecule has 0 spiro atoms. The van der Waals surface area contributed by atoms with Crippen molar-refractivity contribution in [3.63, 3.8) is 0 Å². The molecule has 0 aliphatic rings. The van der Waals surface area contributed by atoms with Crippen LogP contribution < -0.4 is 5.32 Å². The Morgan fingerprint density at radius 2 is 2.18 bits per heavy atom. The number of nitrogens with one attached hydrogen (secondary N) is 1. The van der Waals surface area contributed by atoms with E-state index in [-0.39, 0.29) is 0 Å². The molecule has 0 bridgehead atoms. The minimum absolute atomic E-state index is 0.560. The van der Waals surface area contributed by atoms with Crippen LogP contribution in [0.15, 0.2) is 0 Å². The van der Waals surface area contributed by atoms with Crippen molar-refractivity contribution in [2.75, 3.05) is 0 Å². The summed E-state index contributed by atoms with van der Waals surface area (Å²) in [5, 5.41) is 10.6. The van der Waals surface area contributed by atoms with E-state index < -0.39 is 16.3 Å². The van der Waals surface area contributed by atoms with Gasteiger partial charge in [-0.05, 0) is 13.8 Å². The lowest BCUT2D eigenvalue weighted by atomic mass is 10.3. The molecule has 0 aromatic rings. The molecule has 0 radical (unpaired) electrons. The Balaban J connectivity index is 4.01. The van der Waals surface area contributed by atoms with Crippen molar-refractivity contribution < 1.29 is 4.79 Å². The molecule has 0 saturated heterocycles. The molecular formula is C6H8Cl2N2O. The molecule has 0 unspecified atom stereocenters. The van der Waals surface area contributed by atoms with E-state index in [1.165, 1.54) is 13.8 Å². The topological polar surface area (TPSA) is 52.9 Å². The number of hydrogen-bond donors (Lipinski definition) is 1. The first-order chi connectivity index (χ1) is 4.88. The highest BCUT2D eigenvalue weighted by Crippen LogP contribution is 2.19. The summed E-state index contributed by atoms with van der Waals surface area (Å²) in [5.41, 5.74) is 0. The number of hydrogen-bond acceptors (Lipinski definition) is 2. The van der Waals surface area contributed by atoms with Crippen LogP contribution in [-0.4, -0.2) is 16.3 Å². The second kappa shape index (κ2) is 3.80. The predicted octanol–water partition coefficient (Wildman–Crippen LogP) is 1.21. The largest absolute Gasteiger partial charge is 0.338 e. The van der Waals surface area contributed by atoms with Crippen molar-refractivity contribution in [3.05, 3.63) is 0 Å². The third kappa shape index (κ3) is 4.07. The molecule has 0 rings (SSSR count). The zero-order valence-electron chi connectivity index (χ0n) is 6.19. The summed E-state index contributed by atoms with van der Waals surface area (Å²) >= 11 is 10.9. The van der Waals surface area contributed by atoms with Gasteiger partial charge in [-0.1, -0.05) is 23.2 Å². The molecule has 0 aromatic heterocycles. The molecule has 0 aromatic carbocycles. The summed E-state index contributed by atoms with van der Waals surface area (Å²) in [6.45, 7) is 2.88. The van der Waals surface area contributed by atoms with Crippen molar-refractivity contribution in [1.82, 2.24) is 5.32 Å². The number of alkyl halides is 2. The van der Waals surface area contributed by atoms with E-state index in [9.17, 15) is 4.79 Å². The van der Waals surface area contributed by atoms with Crippen molar-refractivity contribution >= 4 is 29.1 Å². The molecule has 1 N–H and O–H groups in total. The van der Waals surface area contributed by atoms with Gasteiger partial charge in [0.2, 0.25) is 0 Å².